The molecule has 0 saturated carbocycles. The van der Waals surface area contributed by atoms with Crippen molar-refractivity contribution in [3.8, 4) is 0 Å². The molecule has 3 N–H and O–H groups in total. The Morgan fingerprint density at radius 3 is 2.20 bits per heavy atom. The van der Waals surface area contributed by atoms with Crippen LogP contribution >= 0.6 is 0 Å². The maximum atomic E-state index is 12.1. The average molecular weight is 338 g/mol. The monoisotopic (exact) mass is 338 g/mol. The third kappa shape index (κ3) is 2.31. The fourth-order valence-electron chi connectivity index (χ4n) is 4.15. The van der Waals surface area contributed by atoms with E-state index < -0.39 is 11.1 Å². The van der Waals surface area contributed by atoms with E-state index in [9.17, 15) is 4.79 Å². The zero-order chi connectivity index (χ0) is 17.5. The second kappa shape index (κ2) is 5.95. The number of rotatable bonds is 5. The number of carbonyl (C=O) groups is 1. The van der Waals surface area contributed by atoms with Crippen LogP contribution in [0.1, 0.15) is 42.0 Å². The standard InChI is InChI=1S/C20H22N2O3/c1-19-14-6-2-4-8-16(14)20(22-25-19,11-10-18(24)21-12-13-23)17-9-5-3-7-15(17)19/h2-9,22-23H,10-13H2,1H3,(H,21,24). The molecule has 5 nitrogen and oxygen atoms in total. The quantitative estimate of drug-likeness (QED) is 0.779. The molecular weight excluding hydrogens is 316 g/mol. The first-order valence-electron chi connectivity index (χ1n) is 8.64. The van der Waals surface area contributed by atoms with Crippen molar-refractivity contribution in [2.45, 2.75) is 30.9 Å². The van der Waals surface area contributed by atoms with E-state index in [4.69, 9.17) is 9.94 Å². The SMILES string of the molecule is CC12ONC(CCC(=O)NCCO)(c3ccccc31)c1ccccc12. The number of fused-ring (bicyclic) bond motifs is 1. The zero-order valence-electron chi connectivity index (χ0n) is 14.2. The Hall–Kier alpha value is -2.21. The molecule has 2 bridgehead atoms. The second-order valence-electron chi connectivity index (χ2n) is 6.81. The fraction of sp³-hybridized carbons (Fsp3) is 0.350. The molecule has 0 saturated heterocycles. The number of hydroxylamine groups is 1. The first-order valence-corrected chi connectivity index (χ1v) is 8.64. The summed E-state index contributed by atoms with van der Waals surface area (Å²) in [5.74, 6) is -0.0703. The average Bonchev–Trinajstić information content (AvgIpc) is 2.66. The number of hydrogen-bond acceptors (Lipinski definition) is 4. The van der Waals surface area contributed by atoms with Crippen molar-refractivity contribution in [1.29, 1.82) is 0 Å². The lowest BCUT2D eigenvalue weighted by molar-refractivity contribution is -0.145. The van der Waals surface area contributed by atoms with Gasteiger partial charge in [-0.25, -0.2) is 0 Å². The molecule has 130 valence electrons. The minimum atomic E-state index is -0.540. The highest BCUT2D eigenvalue weighted by atomic mass is 16.7. The van der Waals surface area contributed by atoms with E-state index in [0.717, 1.165) is 22.3 Å². The molecular formula is C20H22N2O3. The summed E-state index contributed by atoms with van der Waals surface area (Å²) in [6, 6.07) is 16.5. The number of hydrogen-bond donors (Lipinski definition) is 3. The van der Waals surface area contributed by atoms with Crippen molar-refractivity contribution in [3.63, 3.8) is 0 Å². The van der Waals surface area contributed by atoms with Crippen LogP contribution in [0, 0.1) is 0 Å². The molecule has 0 atom stereocenters. The van der Waals surface area contributed by atoms with Crippen molar-refractivity contribution in [1.82, 2.24) is 10.8 Å². The summed E-state index contributed by atoms with van der Waals surface area (Å²) in [4.78, 5) is 18.2. The van der Waals surface area contributed by atoms with Gasteiger partial charge in [-0.1, -0.05) is 48.5 Å². The molecule has 3 aliphatic rings. The van der Waals surface area contributed by atoms with Gasteiger partial charge in [0, 0.05) is 13.0 Å². The summed E-state index contributed by atoms with van der Waals surface area (Å²) in [5, 5.41) is 11.6. The highest BCUT2D eigenvalue weighted by Crippen LogP contribution is 2.54. The van der Waals surface area contributed by atoms with Crippen LogP contribution in [0.2, 0.25) is 0 Å². The highest BCUT2D eigenvalue weighted by Gasteiger charge is 2.54. The minimum Gasteiger partial charge on any atom is -0.395 e. The Labute approximate surface area is 147 Å². The van der Waals surface area contributed by atoms with Gasteiger partial charge < -0.3 is 10.4 Å². The molecule has 0 unspecified atom stereocenters. The maximum absolute atomic E-state index is 12.1. The van der Waals surface area contributed by atoms with Gasteiger partial charge in [-0.15, -0.1) is 0 Å². The molecule has 2 aromatic rings. The number of nitrogens with one attached hydrogen (secondary N) is 2. The number of benzene rings is 2. The van der Waals surface area contributed by atoms with Gasteiger partial charge in [0.05, 0.1) is 12.1 Å². The maximum Gasteiger partial charge on any atom is 0.220 e. The summed E-state index contributed by atoms with van der Waals surface area (Å²) < 4.78 is 0. The number of carbonyl (C=O) groups excluding carboxylic acids is 1. The van der Waals surface area contributed by atoms with E-state index in [2.05, 4.69) is 42.0 Å². The minimum absolute atomic E-state index is 0.0533. The molecule has 0 spiro atoms. The zero-order valence-corrected chi connectivity index (χ0v) is 14.2. The van der Waals surface area contributed by atoms with E-state index in [0.29, 0.717) is 12.8 Å². The Morgan fingerprint density at radius 2 is 1.64 bits per heavy atom. The molecule has 1 amide bonds. The van der Waals surface area contributed by atoms with Gasteiger partial charge in [0.2, 0.25) is 5.91 Å². The Bertz CT molecular complexity index is 771. The molecule has 2 heterocycles. The lowest BCUT2D eigenvalue weighted by Gasteiger charge is -2.54. The first-order chi connectivity index (χ1) is 12.1. The van der Waals surface area contributed by atoms with Crippen LogP contribution in [0.3, 0.4) is 0 Å². The van der Waals surface area contributed by atoms with Gasteiger partial charge in [-0.3, -0.25) is 9.63 Å². The van der Waals surface area contributed by atoms with E-state index in [1.807, 2.05) is 24.3 Å². The third-order valence-electron chi connectivity index (χ3n) is 5.39. The normalized spacial score (nSPS) is 26.0. The summed E-state index contributed by atoms with van der Waals surface area (Å²) >= 11 is 0. The van der Waals surface area contributed by atoms with Crippen molar-refractivity contribution < 1.29 is 14.7 Å². The van der Waals surface area contributed by atoms with Crippen LogP contribution in [-0.2, 0) is 20.8 Å². The van der Waals surface area contributed by atoms with E-state index in [1.165, 1.54) is 0 Å². The van der Waals surface area contributed by atoms with Crippen molar-refractivity contribution in [2.75, 3.05) is 13.2 Å². The molecule has 0 radical (unpaired) electrons. The van der Waals surface area contributed by atoms with Crippen LogP contribution in [0.4, 0.5) is 0 Å². The first kappa shape index (κ1) is 16.3. The summed E-state index contributed by atoms with van der Waals surface area (Å²) in [5.41, 5.74) is 6.81. The fourth-order valence-corrected chi connectivity index (χ4v) is 4.15. The smallest absolute Gasteiger partial charge is 0.220 e. The van der Waals surface area contributed by atoms with Crippen molar-refractivity contribution in [2.24, 2.45) is 0 Å². The largest absolute Gasteiger partial charge is 0.395 e. The number of aliphatic hydroxyl groups excluding tert-OH is 1. The number of amides is 1. The Kier molecular flexibility index (Phi) is 3.87. The topological polar surface area (TPSA) is 70.6 Å². The lowest BCUT2D eigenvalue weighted by atomic mass is 9.64. The van der Waals surface area contributed by atoms with Crippen LogP contribution in [0.15, 0.2) is 48.5 Å². The van der Waals surface area contributed by atoms with Gasteiger partial charge in [0.25, 0.3) is 0 Å². The Balaban J connectivity index is 1.77. The second-order valence-corrected chi connectivity index (χ2v) is 6.81. The molecule has 2 aliphatic heterocycles. The van der Waals surface area contributed by atoms with Gasteiger partial charge in [0.15, 0.2) is 0 Å². The predicted octanol–water partition coefficient (Wildman–Crippen LogP) is 1.93. The van der Waals surface area contributed by atoms with Crippen LogP contribution in [0.25, 0.3) is 0 Å². The third-order valence-corrected chi connectivity index (χ3v) is 5.39. The summed E-state index contributed by atoms with van der Waals surface area (Å²) in [6.45, 7) is 2.30. The molecule has 5 heteroatoms. The van der Waals surface area contributed by atoms with Gasteiger partial charge >= 0.3 is 0 Å². The van der Waals surface area contributed by atoms with Crippen LogP contribution in [0.5, 0.6) is 0 Å². The van der Waals surface area contributed by atoms with Crippen LogP contribution in [-0.4, -0.2) is 24.2 Å². The van der Waals surface area contributed by atoms with Crippen LogP contribution < -0.4 is 10.8 Å². The summed E-state index contributed by atoms with van der Waals surface area (Å²) in [6.07, 6.45) is 0.921. The predicted molar refractivity (Wildman–Crippen MR) is 93.7 cm³/mol. The van der Waals surface area contributed by atoms with E-state index in [-0.39, 0.29) is 19.1 Å². The van der Waals surface area contributed by atoms with Gasteiger partial charge in [-0.05, 0) is 35.6 Å². The van der Waals surface area contributed by atoms with Crippen molar-refractivity contribution >= 4 is 5.91 Å². The molecule has 1 aliphatic carbocycles. The summed E-state index contributed by atoms with van der Waals surface area (Å²) in [7, 11) is 0. The van der Waals surface area contributed by atoms with E-state index in [1.54, 1.807) is 0 Å². The molecule has 5 rings (SSSR count). The molecule has 2 aromatic carbocycles. The Morgan fingerprint density at radius 1 is 1.08 bits per heavy atom. The van der Waals surface area contributed by atoms with Gasteiger partial charge in [-0.2, -0.15) is 5.48 Å². The highest BCUT2D eigenvalue weighted by molar-refractivity contribution is 5.76. The van der Waals surface area contributed by atoms with Gasteiger partial charge in [0.1, 0.15) is 5.60 Å². The lowest BCUT2D eigenvalue weighted by Crippen LogP contribution is -2.59. The van der Waals surface area contributed by atoms with Crippen molar-refractivity contribution in [3.05, 3.63) is 70.8 Å². The number of aliphatic hydroxyl groups is 1. The molecule has 25 heavy (non-hydrogen) atoms. The molecule has 0 aromatic heterocycles. The molecule has 0 fully saturated rings. The van der Waals surface area contributed by atoms with E-state index >= 15 is 0 Å².